The first-order chi connectivity index (χ1) is 30.6. The number of likely N-dealkylation sites (tertiary alicyclic amines) is 1. The molecule has 1 atom stereocenters. The Hall–Kier alpha value is -5.78. The molecule has 0 radical (unpaired) electrons. The monoisotopic (exact) mass is 908 g/mol. The van der Waals surface area contributed by atoms with Gasteiger partial charge < -0.3 is 15.0 Å². The van der Waals surface area contributed by atoms with Crippen LogP contribution in [-0.2, 0) is 42.8 Å². The van der Waals surface area contributed by atoms with E-state index in [4.69, 9.17) is 14.7 Å². The van der Waals surface area contributed by atoms with Gasteiger partial charge in [-0.2, -0.15) is 0 Å². The van der Waals surface area contributed by atoms with Gasteiger partial charge in [0, 0.05) is 74.4 Å². The minimum absolute atomic E-state index is 0.0677. The number of anilines is 3. The van der Waals surface area contributed by atoms with Crippen LogP contribution in [0.2, 0.25) is 0 Å². The van der Waals surface area contributed by atoms with E-state index in [-0.39, 0.29) is 52.2 Å². The number of aromatic nitrogens is 3. The van der Waals surface area contributed by atoms with Crippen molar-refractivity contribution in [2.75, 3.05) is 42.0 Å². The number of rotatable bonds is 13. The van der Waals surface area contributed by atoms with Crippen molar-refractivity contribution < 1.29 is 31.9 Å². The summed E-state index contributed by atoms with van der Waals surface area (Å²) < 4.78 is 50.0. The van der Waals surface area contributed by atoms with Crippen molar-refractivity contribution >= 4 is 56.4 Å². The summed E-state index contributed by atoms with van der Waals surface area (Å²) in [7, 11) is -3.73. The van der Waals surface area contributed by atoms with Crippen molar-refractivity contribution in [3.05, 3.63) is 100 Å². The maximum atomic E-state index is 16.1. The molecule has 0 saturated carbocycles. The molecule has 3 aliphatic heterocycles. The molecule has 64 heavy (non-hydrogen) atoms. The lowest BCUT2D eigenvalue weighted by atomic mass is 9.87. The van der Waals surface area contributed by atoms with Crippen molar-refractivity contribution in [2.45, 2.75) is 90.2 Å². The van der Waals surface area contributed by atoms with Gasteiger partial charge >= 0.3 is 0 Å². The van der Waals surface area contributed by atoms with Gasteiger partial charge in [0.1, 0.15) is 11.9 Å². The quantitative estimate of drug-likeness (QED) is 0.0996. The van der Waals surface area contributed by atoms with Crippen molar-refractivity contribution in [3.8, 4) is 27.6 Å². The smallest absolute Gasteiger partial charge is 0.236 e. The summed E-state index contributed by atoms with van der Waals surface area (Å²) in [5.41, 5.74) is 4.54. The third kappa shape index (κ3) is 10.4. The van der Waals surface area contributed by atoms with Gasteiger partial charge in [-0.15, -0.1) is 11.3 Å². The lowest BCUT2D eigenvalue weighted by Crippen LogP contribution is -2.46. The van der Waals surface area contributed by atoms with Gasteiger partial charge in [0.25, 0.3) is 0 Å². The zero-order valence-electron chi connectivity index (χ0n) is 36.4. The fraction of sp³-hybridized carbons (Fsp3) is 0.404. The molecular formula is C47H53FN8O6S2. The number of amides is 3. The van der Waals surface area contributed by atoms with Gasteiger partial charge in [-0.3, -0.25) is 29.3 Å². The number of hydrogen-bond acceptors (Lipinski definition) is 12. The number of piperidine rings is 2. The molecule has 8 rings (SSSR count). The van der Waals surface area contributed by atoms with E-state index in [2.05, 4.69) is 37.4 Å². The molecule has 0 aliphatic carbocycles. The van der Waals surface area contributed by atoms with Gasteiger partial charge in [-0.05, 0) is 66.3 Å². The van der Waals surface area contributed by atoms with Gasteiger partial charge in [0.05, 0.1) is 45.2 Å². The van der Waals surface area contributed by atoms with E-state index in [1.807, 2.05) is 56.0 Å². The van der Waals surface area contributed by atoms with Crippen LogP contribution >= 0.6 is 11.3 Å². The zero-order chi connectivity index (χ0) is 45.2. The summed E-state index contributed by atoms with van der Waals surface area (Å²) in [5, 5.41) is 6.50. The number of sulfonamides is 1. The van der Waals surface area contributed by atoms with Crippen LogP contribution in [0, 0.1) is 5.82 Å². The molecule has 17 heteroatoms. The number of carbonyl (C=O) groups excluding carboxylic acids is 3. The average Bonchev–Trinajstić information content (AvgIpc) is 3.71. The SMILES string of the molecule is CCCS(=O)(=O)Nc1cccc(-c2nc(C(C)(C)C)sc2-c2ccnc(Nc3cccc(OC4CCN(C(=O)CN5CCc6cc([C@@H]7CCC(=O)NC7=O)ccc6C5)CC4)c3)n2)c1F. The molecule has 5 heterocycles. The molecule has 2 fully saturated rings. The Kier molecular flexibility index (Phi) is 13.1. The molecule has 0 spiro atoms. The summed E-state index contributed by atoms with van der Waals surface area (Å²) in [5.74, 6) is -0.515. The highest BCUT2D eigenvalue weighted by molar-refractivity contribution is 7.92. The Morgan fingerprint density at radius 2 is 1.77 bits per heavy atom. The largest absolute Gasteiger partial charge is 0.490 e. The molecule has 0 unspecified atom stereocenters. The van der Waals surface area contributed by atoms with Crippen molar-refractivity contribution in [2.24, 2.45) is 0 Å². The van der Waals surface area contributed by atoms with Crippen molar-refractivity contribution in [1.29, 1.82) is 0 Å². The molecule has 3 amide bonds. The average molecular weight is 909 g/mol. The Morgan fingerprint density at radius 3 is 2.53 bits per heavy atom. The highest BCUT2D eigenvalue weighted by Crippen LogP contribution is 2.42. The number of fused-ring (bicyclic) bond motifs is 1. The summed E-state index contributed by atoms with van der Waals surface area (Å²) in [6, 6.07) is 20.0. The van der Waals surface area contributed by atoms with E-state index in [0.29, 0.717) is 91.9 Å². The van der Waals surface area contributed by atoms with Crippen molar-refractivity contribution in [3.63, 3.8) is 0 Å². The Labute approximate surface area is 377 Å². The second-order valence-electron chi connectivity index (χ2n) is 17.6. The number of imide groups is 1. The zero-order valence-corrected chi connectivity index (χ0v) is 38.1. The van der Waals surface area contributed by atoms with E-state index in [0.717, 1.165) is 29.1 Å². The highest BCUT2D eigenvalue weighted by atomic mass is 32.2. The summed E-state index contributed by atoms with van der Waals surface area (Å²) in [6.45, 7) is 10.8. The molecule has 3 aromatic carbocycles. The number of halogens is 1. The Morgan fingerprint density at radius 1 is 0.969 bits per heavy atom. The summed E-state index contributed by atoms with van der Waals surface area (Å²) in [6.07, 6.45) is 5.01. The number of ether oxygens (including phenoxy) is 1. The lowest BCUT2D eigenvalue weighted by molar-refractivity contribution is -0.135. The highest BCUT2D eigenvalue weighted by Gasteiger charge is 2.31. The van der Waals surface area contributed by atoms with Crippen LogP contribution in [0.5, 0.6) is 5.75 Å². The minimum Gasteiger partial charge on any atom is -0.490 e. The van der Waals surface area contributed by atoms with E-state index >= 15 is 4.39 Å². The fourth-order valence-electron chi connectivity index (χ4n) is 8.30. The van der Waals surface area contributed by atoms with E-state index in [9.17, 15) is 22.8 Å². The number of nitrogens with one attached hydrogen (secondary N) is 3. The number of hydrogen-bond donors (Lipinski definition) is 3. The second kappa shape index (κ2) is 18.7. The molecule has 336 valence electrons. The van der Waals surface area contributed by atoms with E-state index in [1.165, 1.54) is 23.0 Å². The molecule has 3 aliphatic rings. The second-order valence-corrected chi connectivity index (χ2v) is 20.5. The van der Waals surface area contributed by atoms with Gasteiger partial charge in [-0.25, -0.2) is 27.8 Å². The standard InChI is InChI=1S/C47H53FN8O6S2/c1-5-24-64(60,61)54-37-11-7-10-36(41(37)48)42-43(63-45(53-42)47(2,3)4)38-16-20-49-46(51-38)50-32-8-6-9-34(26-32)62-33-18-22-56(23-19-33)40(58)28-55-21-17-29-25-30(12-13-31(29)27-55)35-14-15-39(57)52-44(35)59/h6-13,16,20,25-26,33,35,54H,5,14-15,17-19,21-24,27-28H2,1-4H3,(H,49,50,51)(H,52,57,59)/t35-/m0/s1. The van der Waals surface area contributed by atoms with Crippen LogP contribution in [0.1, 0.15) is 87.4 Å². The number of carbonyl (C=O) groups is 3. The third-order valence-corrected chi connectivity index (χ3v) is 14.6. The van der Waals surface area contributed by atoms with Crippen LogP contribution in [0.3, 0.4) is 0 Å². The van der Waals surface area contributed by atoms with Gasteiger partial charge in [0.2, 0.25) is 33.7 Å². The van der Waals surface area contributed by atoms with Crippen LogP contribution in [0.4, 0.5) is 21.7 Å². The van der Waals surface area contributed by atoms with E-state index in [1.54, 1.807) is 31.3 Å². The first-order valence-corrected chi connectivity index (χ1v) is 24.2. The summed E-state index contributed by atoms with van der Waals surface area (Å²) in [4.78, 5) is 56.3. The minimum atomic E-state index is -3.73. The maximum Gasteiger partial charge on any atom is 0.236 e. The fourth-order valence-corrected chi connectivity index (χ4v) is 10.5. The first-order valence-electron chi connectivity index (χ1n) is 21.8. The molecule has 0 bridgehead atoms. The molecule has 2 saturated heterocycles. The normalized spacial score (nSPS) is 17.5. The van der Waals surface area contributed by atoms with Crippen LogP contribution in [-0.4, -0.2) is 88.9 Å². The van der Waals surface area contributed by atoms with Crippen LogP contribution in [0.25, 0.3) is 21.8 Å². The summed E-state index contributed by atoms with van der Waals surface area (Å²) >= 11 is 1.40. The molecule has 5 aromatic rings. The van der Waals surface area contributed by atoms with Crippen LogP contribution < -0.4 is 20.1 Å². The Balaban J connectivity index is 0.878. The lowest BCUT2D eigenvalue weighted by Gasteiger charge is -2.35. The third-order valence-electron chi connectivity index (χ3n) is 11.7. The predicted molar refractivity (Wildman–Crippen MR) is 245 cm³/mol. The van der Waals surface area contributed by atoms with Crippen LogP contribution in [0.15, 0.2) is 72.9 Å². The molecule has 3 N–H and O–H groups in total. The predicted octanol–water partition coefficient (Wildman–Crippen LogP) is 7.55. The number of nitrogens with zero attached hydrogens (tertiary/aromatic N) is 5. The van der Waals surface area contributed by atoms with Gasteiger partial charge in [0.15, 0.2) is 5.82 Å². The maximum absolute atomic E-state index is 16.1. The first kappa shape index (κ1) is 44.8. The molecular weight excluding hydrogens is 856 g/mol. The molecule has 2 aromatic heterocycles. The molecule has 14 nitrogen and oxygen atoms in total. The van der Waals surface area contributed by atoms with Crippen molar-refractivity contribution in [1.82, 2.24) is 30.1 Å². The Bertz CT molecular complexity index is 2680. The van der Waals surface area contributed by atoms with Gasteiger partial charge in [-0.1, -0.05) is 58.0 Å². The van der Waals surface area contributed by atoms with E-state index < -0.39 is 15.8 Å². The topological polar surface area (TPSA) is 176 Å². The number of benzene rings is 3. The number of thiazole rings is 1.